The van der Waals surface area contributed by atoms with Gasteiger partial charge in [0, 0.05) is 24.7 Å². The summed E-state index contributed by atoms with van der Waals surface area (Å²) < 4.78 is 0. The molecule has 0 bridgehead atoms. The second kappa shape index (κ2) is 5.10. The molecule has 0 saturated carbocycles. The van der Waals surface area contributed by atoms with Gasteiger partial charge in [-0.2, -0.15) is 0 Å². The summed E-state index contributed by atoms with van der Waals surface area (Å²) in [5.41, 5.74) is 6.11. The molecule has 2 aliphatic heterocycles. The molecule has 116 valence electrons. The minimum atomic E-state index is 0.289. The summed E-state index contributed by atoms with van der Waals surface area (Å²) >= 11 is 0. The number of fused-ring (bicyclic) bond motifs is 1. The number of benzene rings is 1. The van der Waals surface area contributed by atoms with Crippen molar-refractivity contribution in [2.45, 2.75) is 53.1 Å². The van der Waals surface area contributed by atoms with Gasteiger partial charge >= 0.3 is 0 Å². The lowest BCUT2D eigenvalue weighted by Gasteiger charge is -2.41. The molecule has 2 heteroatoms. The molecule has 2 nitrogen and oxygen atoms in total. The van der Waals surface area contributed by atoms with E-state index >= 15 is 0 Å². The Labute approximate surface area is 129 Å². The highest BCUT2D eigenvalue weighted by Crippen LogP contribution is 2.45. The molecule has 1 aromatic rings. The fourth-order valence-corrected chi connectivity index (χ4v) is 5.12. The van der Waals surface area contributed by atoms with Crippen molar-refractivity contribution in [2.24, 2.45) is 11.8 Å². The van der Waals surface area contributed by atoms with Crippen LogP contribution in [0.5, 0.6) is 0 Å². The van der Waals surface area contributed by atoms with E-state index in [1.54, 1.807) is 5.56 Å². The molecule has 0 spiro atoms. The first-order valence-corrected chi connectivity index (χ1v) is 8.37. The van der Waals surface area contributed by atoms with E-state index in [0.717, 1.165) is 11.8 Å². The van der Waals surface area contributed by atoms with Gasteiger partial charge in [-0.1, -0.05) is 17.7 Å². The second-order valence-electron chi connectivity index (χ2n) is 7.82. The number of hydrogen-bond donors (Lipinski definition) is 1. The summed E-state index contributed by atoms with van der Waals surface area (Å²) in [4.78, 5) is 2.76. The lowest BCUT2D eigenvalue weighted by molar-refractivity contribution is 0.0965. The van der Waals surface area contributed by atoms with Gasteiger partial charge in [0.1, 0.15) is 0 Å². The highest BCUT2D eigenvalue weighted by Gasteiger charge is 2.51. The molecule has 1 aromatic carbocycles. The third-order valence-corrected chi connectivity index (χ3v) is 6.04. The van der Waals surface area contributed by atoms with Crippen molar-refractivity contribution in [3.05, 3.63) is 34.4 Å². The topological polar surface area (TPSA) is 15.3 Å². The molecule has 0 radical (unpaired) electrons. The van der Waals surface area contributed by atoms with Gasteiger partial charge in [0.25, 0.3) is 0 Å². The van der Waals surface area contributed by atoms with Crippen LogP contribution in [0.1, 0.15) is 49.1 Å². The van der Waals surface area contributed by atoms with E-state index in [9.17, 15) is 0 Å². The van der Waals surface area contributed by atoms with E-state index in [-0.39, 0.29) is 5.54 Å². The fraction of sp³-hybridized carbons (Fsp3) is 0.684. The lowest BCUT2D eigenvalue weighted by atomic mass is 9.84. The Morgan fingerprint density at radius 3 is 2.33 bits per heavy atom. The molecule has 3 rings (SSSR count). The van der Waals surface area contributed by atoms with Gasteiger partial charge in [-0.05, 0) is 76.6 Å². The predicted molar refractivity (Wildman–Crippen MR) is 89.7 cm³/mol. The molecule has 2 aliphatic rings. The Morgan fingerprint density at radius 1 is 1.14 bits per heavy atom. The Kier molecular flexibility index (Phi) is 3.66. The van der Waals surface area contributed by atoms with Gasteiger partial charge in [-0.25, -0.2) is 0 Å². The Bertz CT molecular complexity index is 523. The predicted octanol–water partition coefficient (Wildman–Crippen LogP) is 3.60. The van der Waals surface area contributed by atoms with E-state index in [4.69, 9.17) is 0 Å². The van der Waals surface area contributed by atoms with Crippen LogP contribution in [0.2, 0.25) is 0 Å². The second-order valence-corrected chi connectivity index (χ2v) is 7.82. The average Bonchev–Trinajstić information content (AvgIpc) is 2.90. The first-order chi connectivity index (χ1) is 9.82. The molecule has 2 saturated heterocycles. The van der Waals surface area contributed by atoms with Crippen LogP contribution in [-0.4, -0.2) is 30.1 Å². The fourth-order valence-electron chi connectivity index (χ4n) is 5.12. The summed E-state index contributed by atoms with van der Waals surface area (Å²) in [5.74, 6) is 1.62. The molecule has 21 heavy (non-hydrogen) atoms. The van der Waals surface area contributed by atoms with Crippen LogP contribution < -0.4 is 5.32 Å². The van der Waals surface area contributed by atoms with Gasteiger partial charge in [0.05, 0.1) is 0 Å². The molecule has 1 N–H and O–H groups in total. The molecule has 0 aliphatic carbocycles. The zero-order valence-electron chi connectivity index (χ0n) is 14.5. The van der Waals surface area contributed by atoms with E-state index in [1.165, 1.54) is 36.3 Å². The first kappa shape index (κ1) is 15.1. The zero-order valence-corrected chi connectivity index (χ0v) is 14.5. The minimum Gasteiger partial charge on any atom is -0.316 e. The number of rotatable bonds is 2. The van der Waals surface area contributed by atoms with Crippen LogP contribution >= 0.6 is 0 Å². The van der Waals surface area contributed by atoms with Crippen molar-refractivity contribution < 1.29 is 0 Å². The third-order valence-electron chi connectivity index (χ3n) is 6.04. The highest BCUT2D eigenvalue weighted by molar-refractivity contribution is 5.40. The summed E-state index contributed by atoms with van der Waals surface area (Å²) in [6, 6.07) is 5.18. The van der Waals surface area contributed by atoms with Gasteiger partial charge in [-0.3, -0.25) is 4.90 Å². The highest BCUT2D eigenvalue weighted by atomic mass is 15.3. The van der Waals surface area contributed by atoms with Gasteiger partial charge in [0.15, 0.2) is 0 Å². The minimum absolute atomic E-state index is 0.289. The maximum absolute atomic E-state index is 3.58. The standard InChI is InChI=1S/C19H30N2/c1-12-7-13(2)18(14(3)8-12)15(4)21-11-16-9-20-10-17(16)19(21,5)6/h7-8,15-17,20H,9-11H2,1-6H3. The number of aryl methyl sites for hydroxylation is 3. The van der Waals surface area contributed by atoms with E-state index in [1.807, 2.05) is 0 Å². The van der Waals surface area contributed by atoms with Crippen LogP contribution in [0.4, 0.5) is 0 Å². The smallest absolute Gasteiger partial charge is 0.0330 e. The molecule has 3 atom stereocenters. The van der Waals surface area contributed by atoms with Crippen LogP contribution in [-0.2, 0) is 0 Å². The number of hydrogen-bond acceptors (Lipinski definition) is 2. The van der Waals surface area contributed by atoms with Crippen molar-refractivity contribution in [3.8, 4) is 0 Å². The normalized spacial score (nSPS) is 29.6. The molecule has 0 amide bonds. The molecular formula is C19H30N2. The molecular weight excluding hydrogens is 256 g/mol. The van der Waals surface area contributed by atoms with Crippen molar-refractivity contribution in [1.82, 2.24) is 10.2 Å². The quantitative estimate of drug-likeness (QED) is 0.893. The third kappa shape index (κ3) is 2.33. The summed E-state index contributed by atoms with van der Waals surface area (Å²) in [6.07, 6.45) is 0. The van der Waals surface area contributed by atoms with Gasteiger partial charge in [-0.15, -0.1) is 0 Å². The zero-order chi connectivity index (χ0) is 15.4. The molecule has 3 unspecified atom stereocenters. The lowest BCUT2D eigenvalue weighted by Crippen LogP contribution is -2.45. The van der Waals surface area contributed by atoms with Crippen LogP contribution in [0.25, 0.3) is 0 Å². The molecule has 2 heterocycles. The maximum atomic E-state index is 3.58. The Balaban J connectivity index is 1.94. The van der Waals surface area contributed by atoms with E-state index in [2.05, 4.69) is 63.9 Å². The van der Waals surface area contributed by atoms with Crippen molar-refractivity contribution >= 4 is 0 Å². The van der Waals surface area contributed by atoms with Crippen LogP contribution in [0.15, 0.2) is 12.1 Å². The van der Waals surface area contributed by atoms with Crippen LogP contribution in [0.3, 0.4) is 0 Å². The number of likely N-dealkylation sites (tertiary alicyclic amines) is 1. The van der Waals surface area contributed by atoms with E-state index < -0.39 is 0 Å². The summed E-state index contributed by atoms with van der Waals surface area (Å²) in [6.45, 7) is 17.7. The van der Waals surface area contributed by atoms with Crippen LogP contribution in [0, 0.1) is 32.6 Å². The molecule has 0 aromatic heterocycles. The van der Waals surface area contributed by atoms with Crippen molar-refractivity contribution in [3.63, 3.8) is 0 Å². The monoisotopic (exact) mass is 286 g/mol. The van der Waals surface area contributed by atoms with Crippen molar-refractivity contribution in [2.75, 3.05) is 19.6 Å². The average molecular weight is 286 g/mol. The SMILES string of the molecule is Cc1cc(C)c(C(C)N2CC3CNCC3C2(C)C)c(C)c1. The van der Waals surface area contributed by atoms with Gasteiger partial charge in [0.2, 0.25) is 0 Å². The van der Waals surface area contributed by atoms with E-state index in [0.29, 0.717) is 6.04 Å². The first-order valence-electron chi connectivity index (χ1n) is 8.37. The van der Waals surface area contributed by atoms with Gasteiger partial charge < -0.3 is 5.32 Å². The largest absolute Gasteiger partial charge is 0.316 e. The van der Waals surface area contributed by atoms with Crippen molar-refractivity contribution in [1.29, 1.82) is 0 Å². The summed E-state index contributed by atoms with van der Waals surface area (Å²) in [7, 11) is 0. The summed E-state index contributed by atoms with van der Waals surface area (Å²) in [5, 5.41) is 3.58. The number of nitrogens with zero attached hydrogens (tertiary/aromatic N) is 1. The maximum Gasteiger partial charge on any atom is 0.0330 e. The number of nitrogens with one attached hydrogen (secondary N) is 1. The molecule has 2 fully saturated rings. The Morgan fingerprint density at radius 2 is 1.76 bits per heavy atom. The Hall–Kier alpha value is -0.860.